The molecule has 4 aromatic rings. The molecule has 1 aliphatic heterocycles. The first kappa shape index (κ1) is 31.3. The van der Waals surface area contributed by atoms with Crippen molar-refractivity contribution < 1.29 is 27.4 Å². The highest BCUT2D eigenvalue weighted by atomic mass is 35.5. The summed E-state index contributed by atoms with van der Waals surface area (Å²) in [6.45, 7) is 4.33. The van der Waals surface area contributed by atoms with E-state index in [-0.39, 0.29) is 25.0 Å². The number of ether oxygens (including phenoxy) is 2. The fraction of sp³-hybridized carbons (Fsp3) is 0.286. The van der Waals surface area contributed by atoms with Crippen LogP contribution in [-0.4, -0.2) is 26.2 Å². The lowest BCUT2D eigenvalue weighted by Crippen LogP contribution is -2.41. The number of fused-ring (bicyclic) bond motifs is 1. The van der Waals surface area contributed by atoms with Gasteiger partial charge in [0.25, 0.3) is 0 Å². The van der Waals surface area contributed by atoms with Crippen molar-refractivity contribution in [3.05, 3.63) is 118 Å². The highest BCUT2D eigenvalue weighted by Crippen LogP contribution is 2.44. The van der Waals surface area contributed by atoms with E-state index in [1.165, 1.54) is 12.1 Å². The molecule has 230 valence electrons. The molecule has 2 atom stereocenters. The average molecular weight is 623 g/mol. The number of rotatable bonds is 9. The van der Waals surface area contributed by atoms with E-state index in [4.69, 9.17) is 21.1 Å². The van der Waals surface area contributed by atoms with Gasteiger partial charge in [-0.2, -0.15) is 13.2 Å². The zero-order valence-electron chi connectivity index (χ0n) is 25.0. The lowest BCUT2D eigenvalue weighted by molar-refractivity contribution is -0.137. The number of halogens is 4. The van der Waals surface area contributed by atoms with E-state index in [1.54, 1.807) is 30.2 Å². The first-order chi connectivity index (χ1) is 21.0. The van der Waals surface area contributed by atoms with Gasteiger partial charge in [0.15, 0.2) is 11.5 Å². The van der Waals surface area contributed by atoms with Crippen molar-refractivity contribution in [3.63, 3.8) is 0 Å². The van der Waals surface area contributed by atoms with E-state index in [1.807, 2.05) is 74.3 Å². The van der Waals surface area contributed by atoms with Crippen LogP contribution in [0.3, 0.4) is 0 Å². The van der Waals surface area contributed by atoms with E-state index in [2.05, 4.69) is 0 Å². The Morgan fingerprint density at radius 1 is 1.00 bits per heavy atom. The summed E-state index contributed by atoms with van der Waals surface area (Å²) in [5.41, 5.74) is 4.03. The van der Waals surface area contributed by atoms with Gasteiger partial charge in [-0.05, 0) is 96.3 Å². The average Bonchev–Trinajstić information content (AvgIpc) is 3.00. The Labute approximate surface area is 260 Å². The molecule has 0 saturated heterocycles. The predicted octanol–water partition coefficient (Wildman–Crippen LogP) is 8.86. The van der Waals surface area contributed by atoms with Crippen LogP contribution >= 0.6 is 11.6 Å². The Balaban J connectivity index is 1.50. The van der Waals surface area contributed by atoms with Gasteiger partial charge in [0.1, 0.15) is 0 Å². The van der Waals surface area contributed by atoms with Crippen LogP contribution in [0.15, 0.2) is 84.9 Å². The van der Waals surface area contributed by atoms with E-state index < -0.39 is 17.8 Å². The molecule has 0 aromatic heterocycles. The van der Waals surface area contributed by atoms with Gasteiger partial charge in [0, 0.05) is 30.0 Å². The summed E-state index contributed by atoms with van der Waals surface area (Å²) in [5.74, 6) is 1.11. The van der Waals surface area contributed by atoms with Crippen molar-refractivity contribution in [1.82, 2.24) is 0 Å². The smallest absolute Gasteiger partial charge is 0.416 e. The van der Waals surface area contributed by atoms with Crippen molar-refractivity contribution in [2.24, 2.45) is 0 Å². The van der Waals surface area contributed by atoms with E-state index in [0.29, 0.717) is 27.8 Å². The molecule has 0 N–H and O–H groups in total. The molecule has 1 unspecified atom stereocenters. The fourth-order valence-corrected chi connectivity index (χ4v) is 5.58. The number of hydrogen-bond acceptors (Lipinski definition) is 4. The van der Waals surface area contributed by atoms with E-state index in [0.717, 1.165) is 34.9 Å². The highest BCUT2D eigenvalue weighted by molar-refractivity contribution is 6.30. The van der Waals surface area contributed by atoms with Crippen LogP contribution < -0.4 is 19.3 Å². The molecule has 4 aromatic carbocycles. The first-order valence-electron chi connectivity index (χ1n) is 14.4. The Morgan fingerprint density at radius 2 is 1.70 bits per heavy atom. The van der Waals surface area contributed by atoms with Crippen molar-refractivity contribution in [1.29, 1.82) is 0 Å². The standard InChI is InChI=1S/C35H34ClF3N2O3/c1-5-22(2)44-32-20-30-25(18-31(32)43-4)19-33(42)41(34(30)24-9-11-27(36)12-10-24)29-15-13-28(14-16-29)40(3)21-23-7-6-8-26(17-23)35(37,38)39/h6-18,20,22,34H,5,19,21H2,1-4H3/t22-,34?/m1/s1. The van der Waals surface area contributed by atoms with Gasteiger partial charge in [0.05, 0.1) is 31.2 Å². The molecule has 0 fully saturated rings. The van der Waals surface area contributed by atoms with E-state index in [9.17, 15) is 18.0 Å². The molecule has 1 aliphatic rings. The number of nitrogens with zero attached hydrogens (tertiary/aromatic N) is 2. The minimum atomic E-state index is -4.40. The molecule has 0 spiro atoms. The summed E-state index contributed by atoms with van der Waals surface area (Å²) in [6, 6.07) is 23.6. The molecule has 5 nitrogen and oxygen atoms in total. The summed E-state index contributed by atoms with van der Waals surface area (Å²) in [5, 5.41) is 0.589. The van der Waals surface area contributed by atoms with Crippen LogP contribution in [-0.2, 0) is 23.9 Å². The number of carbonyl (C=O) groups is 1. The van der Waals surface area contributed by atoms with Crippen molar-refractivity contribution in [2.45, 2.75) is 51.6 Å². The van der Waals surface area contributed by atoms with Crippen LogP contribution in [0.5, 0.6) is 11.5 Å². The number of amides is 1. The highest BCUT2D eigenvalue weighted by Gasteiger charge is 2.36. The summed E-state index contributed by atoms with van der Waals surface area (Å²) in [4.78, 5) is 17.5. The predicted molar refractivity (Wildman–Crippen MR) is 168 cm³/mol. The van der Waals surface area contributed by atoms with Gasteiger partial charge < -0.3 is 19.3 Å². The van der Waals surface area contributed by atoms with Crippen molar-refractivity contribution >= 4 is 28.9 Å². The molecular weight excluding hydrogens is 589 g/mol. The van der Waals surface area contributed by atoms with Crippen LogP contribution in [0.1, 0.15) is 54.1 Å². The monoisotopic (exact) mass is 622 g/mol. The summed E-state index contributed by atoms with van der Waals surface area (Å²) in [6.07, 6.45) is -3.43. The van der Waals surface area contributed by atoms with Crippen LogP contribution in [0.4, 0.5) is 24.5 Å². The number of carbonyl (C=O) groups excluding carboxylic acids is 1. The van der Waals surface area contributed by atoms with Gasteiger partial charge >= 0.3 is 6.18 Å². The molecule has 44 heavy (non-hydrogen) atoms. The molecular formula is C35H34ClF3N2O3. The third-order valence-corrected chi connectivity index (χ3v) is 8.17. The van der Waals surface area contributed by atoms with Gasteiger partial charge in [-0.1, -0.05) is 42.8 Å². The second-order valence-electron chi connectivity index (χ2n) is 11.0. The maximum absolute atomic E-state index is 13.8. The maximum atomic E-state index is 13.8. The number of hydrogen-bond donors (Lipinski definition) is 0. The van der Waals surface area contributed by atoms with Gasteiger partial charge in [0.2, 0.25) is 5.91 Å². The lowest BCUT2D eigenvalue weighted by Gasteiger charge is -2.38. The maximum Gasteiger partial charge on any atom is 0.416 e. The second kappa shape index (κ2) is 12.8. The molecule has 0 bridgehead atoms. The quantitative estimate of drug-likeness (QED) is 0.187. The summed E-state index contributed by atoms with van der Waals surface area (Å²) < 4.78 is 51.5. The summed E-state index contributed by atoms with van der Waals surface area (Å²) >= 11 is 6.23. The van der Waals surface area contributed by atoms with Gasteiger partial charge in [-0.3, -0.25) is 4.79 Å². The second-order valence-corrected chi connectivity index (χ2v) is 11.4. The SMILES string of the molecule is CC[C@@H](C)Oc1cc2c(cc1OC)CC(=O)N(c1ccc(N(C)Cc3cccc(C(F)(F)F)c3)cc1)C2c1ccc(Cl)cc1. The Kier molecular flexibility index (Phi) is 9.11. The minimum absolute atomic E-state index is 0.0299. The topological polar surface area (TPSA) is 42.0 Å². The van der Waals surface area contributed by atoms with Gasteiger partial charge in [-0.15, -0.1) is 0 Å². The lowest BCUT2D eigenvalue weighted by atomic mass is 9.86. The zero-order chi connectivity index (χ0) is 31.6. The van der Waals surface area contributed by atoms with Crippen LogP contribution in [0.25, 0.3) is 0 Å². The fourth-order valence-electron chi connectivity index (χ4n) is 5.45. The molecule has 1 amide bonds. The number of benzene rings is 4. The molecule has 1 heterocycles. The van der Waals surface area contributed by atoms with Crippen molar-refractivity contribution in [2.75, 3.05) is 24.0 Å². The third kappa shape index (κ3) is 6.65. The summed E-state index contributed by atoms with van der Waals surface area (Å²) in [7, 11) is 3.41. The van der Waals surface area contributed by atoms with Crippen LogP contribution in [0.2, 0.25) is 5.02 Å². The molecule has 0 aliphatic carbocycles. The number of alkyl halides is 3. The van der Waals surface area contributed by atoms with Crippen LogP contribution in [0, 0.1) is 0 Å². The Hall–Kier alpha value is -4.17. The largest absolute Gasteiger partial charge is 0.493 e. The first-order valence-corrected chi connectivity index (χ1v) is 14.8. The normalized spacial score (nSPS) is 15.5. The Bertz CT molecular complexity index is 1620. The number of anilines is 2. The molecule has 0 saturated carbocycles. The minimum Gasteiger partial charge on any atom is -0.493 e. The Morgan fingerprint density at radius 3 is 2.34 bits per heavy atom. The number of methoxy groups -OCH3 is 1. The third-order valence-electron chi connectivity index (χ3n) is 7.92. The van der Waals surface area contributed by atoms with Crippen molar-refractivity contribution in [3.8, 4) is 11.5 Å². The van der Waals surface area contributed by atoms with Gasteiger partial charge in [-0.25, -0.2) is 0 Å². The zero-order valence-corrected chi connectivity index (χ0v) is 25.7. The molecule has 5 rings (SSSR count). The van der Waals surface area contributed by atoms with E-state index >= 15 is 0 Å². The molecule has 0 radical (unpaired) electrons. The molecule has 9 heteroatoms.